The van der Waals surface area contributed by atoms with Crippen LogP contribution in [0.4, 0.5) is 5.69 Å². The highest BCUT2D eigenvalue weighted by Crippen LogP contribution is 2.21. The van der Waals surface area contributed by atoms with Gasteiger partial charge in [0.25, 0.3) is 0 Å². The molecule has 6 nitrogen and oxygen atoms in total. The van der Waals surface area contributed by atoms with Crippen LogP contribution >= 0.6 is 12.2 Å². The van der Waals surface area contributed by atoms with Gasteiger partial charge in [-0.25, -0.2) is 9.59 Å². The fourth-order valence-corrected chi connectivity index (χ4v) is 2.36. The molecule has 0 bridgehead atoms. The number of anilines is 1. The van der Waals surface area contributed by atoms with Crippen molar-refractivity contribution in [2.45, 2.75) is 58.8 Å². The molecule has 0 heterocycles. The highest BCUT2D eigenvalue weighted by molar-refractivity contribution is 7.80. The third-order valence-electron chi connectivity index (χ3n) is 3.26. The van der Waals surface area contributed by atoms with Gasteiger partial charge in [0, 0.05) is 11.7 Å². The molecule has 0 radical (unpaired) electrons. The number of rotatable bonds is 6. The van der Waals surface area contributed by atoms with E-state index >= 15 is 0 Å². The van der Waals surface area contributed by atoms with E-state index in [9.17, 15) is 9.59 Å². The van der Waals surface area contributed by atoms with Crippen molar-refractivity contribution in [1.82, 2.24) is 5.32 Å². The van der Waals surface area contributed by atoms with Gasteiger partial charge in [-0.05, 0) is 71.0 Å². The number of benzene rings is 1. The van der Waals surface area contributed by atoms with Gasteiger partial charge in [-0.2, -0.15) is 0 Å². The van der Waals surface area contributed by atoms with Crippen molar-refractivity contribution in [3.05, 3.63) is 29.3 Å². The van der Waals surface area contributed by atoms with Crippen LogP contribution in [-0.2, 0) is 9.47 Å². The molecule has 0 spiro atoms. The van der Waals surface area contributed by atoms with Crippen molar-refractivity contribution in [2.75, 3.05) is 5.32 Å². The van der Waals surface area contributed by atoms with Gasteiger partial charge in [-0.1, -0.05) is 0 Å². The molecule has 1 saturated carbocycles. The summed E-state index contributed by atoms with van der Waals surface area (Å²) in [5.41, 5.74) is 1.07. The van der Waals surface area contributed by atoms with E-state index < -0.39 is 11.9 Å². The molecule has 1 aromatic carbocycles. The van der Waals surface area contributed by atoms with Gasteiger partial charge >= 0.3 is 11.9 Å². The van der Waals surface area contributed by atoms with E-state index in [0.717, 1.165) is 12.8 Å². The van der Waals surface area contributed by atoms with Crippen molar-refractivity contribution in [3.8, 4) is 0 Å². The fourth-order valence-electron chi connectivity index (χ4n) is 2.08. The van der Waals surface area contributed by atoms with Gasteiger partial charge in [0.2, 0.25) is 0 Å². The number of esters is 2. The molecule has 7 heteroatoms. The van der Waals surface area contributed by atoms with Crippen molar-refractivity contribution in [3.63, 3.8) is 0 Å². The summed E-state index contributed by atoms with van der Waals surface area (Å²) in [5.74, 6) is -1.00. The second-order valence-electron chi connectivity index (χ2n) is 6.58. The third kappa shape index (κ3) is 6.34. The Hall–Kier alpha value is -2.15. The predicted octanol–water partition coefficient (Wildman–Crippen LogP) is 3.27. The van der Waals surface area contributed by atoms with Crippen LogP contribution in [0.1, 0.15) is 61.3 Å². The first-order valence-electron chi connectivity index (χ1n) is 8.39. The predicted molar refractivity (Wildman–Crippen MR) is 99.9 cm³/mol. The Morgan fingerprint density at radius 1 is 1.00 bits per heavy atom. The van der Waals surface area contributed by atoms with E-state index in [4.69, 9.17) is 21.7 Å². The van der Waals surface area contributed by atoms with Crippen LogP contribution in [0.3, 0.4) is 0 Å². The maximum absolute atomic E-state index is 12.2. The second kappa shape index (κ2) is 8.29. The van der Waals surface area contributed by atoms with Gasteiger partial charge in [0.15, 0.2) is 5.11 Å². The number of nitrogens with one attached hydrogen (secondary N) is 2. The highest BCUT2D eigenvalue weighted by atomic mass is 32.1. The maximum Gasteiger partial charge on any atom is 0.338 e. The summed E-state index contributed by atoms with van der Waals surface area (Å²) in [5, 5.41) is 6.63. The summed E-state index contributed by atoms with van der Waals surface area (Å²) in [6.07, 6.45) is 1.67. The van der Waals surface area contributed by atoms with Crippen LogP contribution in [0, 0.1) is 0 Å². The maximum atomic E-state index is 12.2. The number of ether oxygens (including phenoxy) is 2. The smallest absolute Gasteiger partial charge is 0.338 e. The van der Waals surface area contributed by atoms with Gasteiger partial charge in [-0.15, -0.1) is 0 Å². The van der Waals surface area contributed by atoms with Gasteiger partial charge in [-0.3, -0.25) is 0 Å². The van der Waals surface area contributed by atoms with Crippen LogP contribution in [0.5, 0.6) is 0 Å². The molecule has 0 saturated heterocycles. The zero-order valence-electron chi connectivity index (χ0n) is 14.9. The van der Waals surface area contributed by atoms with Crippen LogP contribution in [0.15, 0.2) is 18.2 Å². The normalized spacial score (nSPS) is 13.5. The number of carbonyl (C=O) groups excluding carboxylic acids is 2. The zero-order valence-corrected chi connectivity index (χ0v) is 15.7. The summed E-state index contributed by atoms with van der Waals surface area (Å²) in [6.45, 7) is 7.07. The summed E-state index contributed by atoms with van der Waals surface area (Å²) in [7, 11) is 0. The Bertz CT molecular complexity index is 629. The van der Waals surface area contributed by atoms with E-state index in [1.54, 1.807) is 39.8 Å². The lowest BCUT2D eigenvalue weighted by atomic mass is 10.1. The number of hydrogen-bond acceptors (Lipinski definition) is 5. The summed E-state index contributed by atoms with van der Waals surface area (Å²) >= 11 is 5.26. The van der Waals surface area contributed by atoms with Crippen molar-refractivity contribution in [1.29, 1.82) is 0 Å². The molecule has 2 rings (SSSR count). The Labute approximate surface area is 153 Å². The third-order valence-corrected chi connectivity index (χ3v) is 3.48. The minimum Gasteiger partial charge on any atom is -0.459 e. The van der Waals surface area contributed by atoms with Crippen LogP contribution < -0.4 is 10.6 Å². The number of thiocarbonyl (C=S) groups is 1. The Balaban J connectivity index is 2.24. The fraction of sp³-hybridized carbons (Fsp3) is 0.500. The number of carbonyl (C=O) groups is 2. The quantitative estimate of drug-likeness (QED) is 0.592. The summed E-state index contributed by atoms with van der Waals surface area (Å²) < 4.78 is 10.4. The Morgan fingerprint density at radius 3 is 1.88 bits per heavy atom. The molecule has 136 valence electrons. The van der Waals surface area contributed by atoms with Crippen LogP contribution in [0.2, 0.25) is 0 Å². The molecule has 0 aromatic heterocycles. The van der Waals surface area contributed by atoms with Gasteiger partial charge < -0.3 is 20.1 Å². The van der Waals surface area contributed by atoms with Crippen LogP contribution in [-0.4, -0.2) is 35.3 Å². The van der Waals surface area contributed by atoms with Crippen molar-refractivity contribution >= 4 is 35.0 Å². The molecule has 25 heavy (non-hydrogen) atoms. The number of hydrogen-bond donors (Lipinski definition) is 2. The molecule has 1 aliphatic carbocycles. The molecular weight excluding hydrogens is 340 g/mol. The average Bonchev–Trinajstić information content (AvgIpc) is 3.29. The van der Waals surface area contributed by atoms with Gasteiger partial charge in [0.05, 0.1) is 23.3 Å². The van der Waals surface area contributed by atoms with E-state index in [0.29, 0.717) is 16.8 Å². The minimum atomic E-state index is -0.502. The first-order chi connectivity index (χ1) is 11.7. The van der Waals surface area contributed by atoms with Crippen molar-refractivity contribution in [2.24, 2.45) is 0 Å². The van der Waals surface area contributed by atoms with Crippen LogP contribution in [0.25, 0.3) is 0 Å². The molecule has 0 unspecified atom stereocenters. The lowest BCUT2D eigenvalue weighted by molar-refractivity contribution is 0.0378. The van der Waals surface area contributed by atoms with E-state index in [2.05, 4.69) is 10.6 Å². The Kier molecular flexibility index (Phi) is 6.36. The molecule has 1 fully saturated rings. The SMILES string of the molecule is CC(C)OC(=O)c1cc(NC(=S)NC2CC2)cc(C(=O)OC(C)C)c1. The summed E-state index contributed by atoms with van der Waals surface area (Å²) in [6, 6.07) is 5.09. The monoisotopic (exact) mass is 364 g/mol. The molecule has 2 N–H and O–H groups in total. The lowest BCUT2D eigenvalue weighted by Crippen LogP contribution is -2.30. The van der Waals surface area contributed by atoms with E-state index in [-0.39, 0.29) is 23.3 Å². The minimum absolute atomic E-state index is 0.257. The van der Waals surface area contributed by atoms with Gasteiger partial charge in [0.1, 0.15) is 0 Å². The molecular formula is C18H24N2O4S. The molecule has 0 atom stereocenters. The molecule has 0 aliphatic heterocycles. The first kappa shape index (κ1) is 19.2. The Morgan fingerprint density at radius 2 is 1.48 bits per heavy atom. The average molecular weight is 364 g/mol. The molecule has 1 aliphatic rings. The largest absolute Gasteiger partial charge is 0.459 e. The highest BCUT2D eigenvalue weighted by Gasteiger charge is 2.22. The van der Waals surface area contributed by atoms with E-state index in [1.807, 2.05) is 0 Å². The zero-order chi connectivity index (χ0) is 18.6. The summed E-state index contributed by atoms with van der Waals surface area (Å²) in [4.78, 5) is 24.5. The molecule has 1 aromatic rings. The second-order valence-corrected chi connectivity index (χ2v) is 6.99. The topological polar surface area (TPSA) is 76.7 Å². The first-order valence-corrected chi connectivity index (χ1v) is 8.80. The lowest BCUT2D eigenvalue weighted by Gasteiger charge is -2.14. The van der Waals surface area contributed by atoms with E-state index in [1.165, 1.54) is 6.07 Å². The molecule has 0 amide bonds. The van der Waals surface area contributed by atoms with Crippen molar-refractivity contribution < 1.29 is 19.1 Å². The standard InChI is InChI=1S/C18H24N2O4S/c1-10(2)23-16(21)12-7-13(17(22)24-11(3)4)9-15(8-12)20-18(25)19-14-5-6-14/h7-11,14H,5-6H2,1-4H3,(H2,19,20,25).